The van der Waals surface area contributed by atoms with E-state index in [1.165, 1.54) is 0 Å². The van der Waals surface area contributed by atoms with Crippen LogP contribution in [0.3, 0.4) is 0 Å². The molecule has 0 fully saturated rings. The molecule has 6 heteroatoms. The highest BCUT2D eigenvalue weighted by molar-refractivity contribution is 6.31. The van der Waals surface area contributed by atoms with Crippen LogP contribution in [0.15, 0.2) is 66.7 Å². The Labute approximate surface area is 186 Å². The predicted molar refractivity (Wildman–Crippen MR) is 120 cm³/mol. The van der Waals surface area contributed by atoms with Crippen molar-refractivity contribution in [1.82, 2.24) is 5.32 Å². The van der Waals surface area contributed by atoms with Crippen LogP contribution in [0.2, 0.25) is 10.0 Å². The van der Waals surface area contributed by atoms with Gasteiger partial charge in [0.15, 0.2) is 11.5 Å². The highest BCUT2D eigenvalue weighted by Gasteiger charge is 2.12. The molecule has 0 aliphatic rings. The van der Waals surface area contributed by atoms with Crippen LogP contribution in [0.25, 0.3) is 0 Å². The molecular formula is C24H23Cl2NO3. The van der Waals surface area contributed by atoms with Crippen LogP contribution in [0.1, 0.15) is 23.1 Å². The van der Waals surface area contributed by atoms with Gasteiger partial charge in [-0.3, -0.25) is 4.79 Å². The molecule has 0 aliphatic carbocycles. The maximum atomic E-state index is 12.2. The molecule has 0 heterocycles. The van der Waals surface area contributed by atoms with Crippen molar-refractivity contribution in [2.75, 3.05) is 7.11 Å². The van der Waals surface area contributed by atoms with Crippen LogP contribution in [0, 0.1) is 0 Å². The summed E-state index contributed by atoms with van der Waals surface area (Å²) in [5, 5.41) is 4.12. The number of carbonyl (C=O) groups excluding carboxylic acids is 1. The number of hydrogen-bond acceptors (Lipinski definition) is 3. The van der Waals surface area contributed by atoms with Gasteiger partial charge < -0.3 is 14.8 Å². The summed E-state index contributed by atoms with van der Waals surface area (Å²) in [5.74, 6) is 1.11. The Balaban J connectivity index is 1.56. The minimum atomic E-state index is -0.0515. The van der Waals surface area contributed by atoms with E-state index >= 15 is 0 Å². The highest BCUT2D eigenvalue weighted by atomic mass is 35.5. The van der Waals surface area contributed by atoms with Crippen LogP contribution in [0.5, 0.6) is 11.5 Å². The molecule has 3 aromatic carbocycles. The standard InChI is InChI=1S/C24H23Cl2NO3/c1-29-22-13-19(9-12-24(28)27-15-17-7-10-20(25)11-8-17)21(26)14-23(22)30-16-18-5-3-2-4-6-18/h2-8,10-11,13-14H,9,12,15-16H2,1H3,(H,27,28). The Morgan fingerprint density at radius 3 is 2.37 bits per heavy atom. The highest BCUT2D eigenvalue weighted by Crippen LogP contribution is 2.34. The molecule has 0 aromatic heterocycles. The molecule has 4 nitrogen and oxygen atoms in total. The lowest BCUT2D eigenvalue weighted by Crippen LogP contribution is -2.23. The van der Waals surface area contributed by atoms with Crippen LogP contribution in [0.4, 0.5) is 0 Å². The van der Waals surface area contributed by atoms with Crippen molar-refractivity contribution in [3.8, 4) is 11.5 Å². The van der Waals surface area contributed by atoms with E-state index in [2.05, 4.69) is 5.32 Å². The third-order valence-corrected chi connectivity index (χ3v) is 5.20. The van der Waals surface area contributed by atoms with E-state index in [4.69, 9.17) is 32.7 Å². The normalized spacial score (nSPS) is 10.5. The van der Waals surface area contributed by atoms with Crippen molar-refractivity contribution < 1.29 is 14.3 Å². The van der Waals surface area contributed by atoms with Crippen LogP contribution < -0.4 is 14.8 Å². The molecule has 1 N–H and O–H groups in total. The third kappa shape index (κ3) is 6.41. The molecule has 0 unspecified atom stereocenters. The number of rotatable bonds is 9. The van der Waals surface area contributed by atoms with Crippen molar-refractivity contribution in [3.05, 3.63) is 93.5 Å². The molecule has 30 heavy (non-hydrogen) atoms. The van der Waals surface area contributed by atoms with Gasteiger partial charge >= 0.3 is 0 Å². The number of benzene rings is 3. The van der Waals surface area contributed by atoms with Gasteiger partial charge in [-0.2, -0.15) is 0 Å². The number of aryl methyl sites for hydroxylation is 1. The van der Waals surface area contributed by atoms with Gasteiger partial charge in [-0.25, -0.2) is 0 Å². The van der Waals surface area contributed by atoms with E-state index in [1.54, 1.807) is 25.3 Å². The van der Waals surface area contributed by atoms with E-state index in [0.29, 0.717) is 47.5 Å². The van der Waals surface area contributed by atoms with Gasteiger partial charge in [0.25, 0.3) is 0 Å². The Morgan fingerprint density at radius 1 is 0.933 bits per heavy atom. The molecule has 0 aliphatic heterocycles. The van der Waals surface area contributed by atoms with Gasteiger partial charge in [0, 0.05) is 29.1 Å². The second-order valence-electron chi connectivity index (χ2n) is 6.77. The van der Waals surface area contributed by atoms with Crippen molar-refractivity contribution in [2.24, 2.45) is 0 Å². The summed E-state index contributed by atoms with van der Waals surface area (Å²) in [7, 11) is 1.58. The first-order chi connectivity index (χ1) is 14.5. The SMILES string of the molecule is COc1cc(CCC(=O)NCc2ccc(Cl)cc2)c(Cl)cc1OCc1ccccc1. The Kier molecular flexibility index (Phi) is 8.00. The number of amides is 1. The summed E-state index contributed by atoms with van der Waals surface area (Å²) in [6.07, 6.45) is 0.821. The van der Waals surface area contributed by atoms with E-state index < -0.39 is 0 Å². The molecule has 0 atom stereocenters. The number of carbonyl (C=O) groups is 1. The van der Waals surface area contributed by atoms with Crippen molar-refractivity contribution in [1.29, 1.82) is 0 Å². The summed E-state index contributed by atoms with van der Waals surface area (Å²) in [6.45, 7) is 0.874. The Hall–Kier alpha value is -2.69. The van der Waals surface area contributed by atoms with Crippen molar-refractivity contribution in [3.63, 3.8) is 0 Å². The first-order valence-electron chi connectivity index (χ1n) is 9.59. The quantitative estimate of drug-likeness (QED) is 0.452. The fourth-order valence-corrected chi connectivity index (χ4v) is 3.29. The van der Waals surface area contributed by atoms with Gasteiger partial charge in [0.1, 0.15) is 6.61 Å². The second-order valence-corrected chi connectivity index (χ2v) is 7.62. The lowest BCUT2D eigenvalue weighted by molar-refractivity contribution is -0.121. The fourth-order valence-electron chi connectivity index (χ4n) is 2.92. The summed E-state index contributed by atoms with van der Waals surface area (Å²) in [4.78, 5) is 12.2. The minimum absolute atomic E-state index is 0.0515. The summed E-state index contributed by atoms with van der Waals surface area (Å²) < 4.78 is 11.3. The molecular weight excluding hydrogens is 421 g/mol. The Morgan fingerprint density at radius 2 is 1.67 bits per heavy atom. The van der Waals surface area contributed by atoms with Crippen LogP contribution in [-0.4, -0.2) is 13.0 Å². The lowest BCUT2D eigenvalue weighted by Gasteiger charge is -2.14. The average Bonchev–Trinajstić information content (AvgIpc) is 2.77. The zero-order valence-corrected chi connectivity index (χ0v) is 18.2. The fraction of sp³-hybridized carbons (Fsp3) is 0.208. The number of nitrogens with one attached hydrogen (secondary N) is 1. The number of ether oxygens (including phenoxy) is 2. The molecule has 0 bridgehead atoms. The zero-order chi connectivity index (χ0) is 21.3. The molecule has 156 valence electrons. The first kappa shape index (κ1) is 22.0. The second kappa shape index (κ2) is 10.9. The van der Waals surface area contributed by atoms with E-state index in [-0.39, 0.29) is 5.91 Å². The van der Waals surface area contributed by atoms with Crippen molar-refractivity contribution in [2.45, 2.75) is 26.0 Å². The molecule has 3 rings (SSSR count). The van der Waals surface area contributed by atoms with E-state index in [1.807, 2.05) is 48.5 Å². The maximum absolute atomic E-state index is 12.2. The molecule has 0 spiro atoms. The van der Waals surface area contributed by atoms with Crippen LogP contribution >= 0.6 is 23.2 Å². The zero-order valence-electron chi connectivity index (χ0n) is 16.7. The molecule has 1 amide bonds. The lowest BCUT2D eigenvalue weighted by atomic mass is 10.1. The molecule has 0 radical (unpaired) electrons. The number of hydrogen-bond donors (Lipinski definition) is 1. The van der Waals surface area contributed by atoms with Gasteiger partial charge in [0.2, 0.25) is 5.91 Å². The van der Waals surface area contributed by atoms with Gasteiger partial charge in [-0.1, -0.05) is 65.7 Å². The Bertz CT molecular complexity index is 976. The van der Waals surface area contributed by atoms with Gasteiger partial charge in [-0.05, 0) is 41.3 Å². The summed E-state index contributed by atoms with van der Waals surface area (Å²) >= 11 is 12.3. The molecule has 0 saturated heterocycles. The summed E-state index contributed by atoms with van der Waals surface area (Å²) in [5.41, 5.74) is 2.88. The van der Waals surface area contributed by atoms with Gasteiger partial charge in [-0.15, -0.1) is 0 Å². The predicted octanol–water partition coefficient (Wildman–Crippen LogP) is 5.83. The van der Waals surface area contributed by atoms with Crippen molar-refractivity contribution >= 4 is 29.1 Å². The molecule has 0 saturated carbocycles. The monoisotopic (exact) mass is 443 g/mol. The number of halogens is 2. The topological polar surface area (TPSA) is 47.6 Å². The summed E-state index contributed by atoms with van der Waals surface area (Å²) in [6, 6.07) is 20.8. The average molecular weight is 444 g/mol. The largest absolute Gasteiger partial charge is 0.493 e. The van der Waals surface area contributed by atoms with E-state index in [9.17, 15) is 4.79 Å². The van der Waals surface area contributed by atoms with Gasteiger partial charge in [0.05, 0.1) is 7.11 Å². The number of methoxy groups -OCH3 is 1. The minimum Gasteiger partial charge on any atom is -0.493 e. The van der Waals surface area contributed by atoms with E-state index in [0.717, 1.165) is 16.7 Å². The first-order valence-corrected chi connectivity index (χ1v) is 10.3. The smallest absolute Gasteiger partial charge is 0.220 e. The third-order valence-electron chi connectivity index (χ3n) is 4.59. The maximum Gasteiger partial charge on any atom is 0.220 e. The van der Waals surface area contributed by atoms with Crippen LogP contribution in [-0.2, 0) is 24.4 Å². The molecule has 3 aromatic rings.